The highest BCUT2D eigenvalue weighted by molar-refractivity contribution is 5.78. The lowest BCUT2D eigenvalue weighted by Gasteiger charge is -2.38. The number of amides is 1. The minimum absolute atomic E-state index is 0.187. The van der Waals surface area contributed by atoms with E-state index in [9.17, 15) is 4.79 Å². The van der Waals surface area contributed by atoms with Crippen molar-refractivity contribution in [3.05, 3.63) is 48.2 Å². The molecule has 5 nitrogen and oxygen atoms in total. The third kappa shape index (κ3) is 3.87. The van der Waals surface area contributed by atoms with Crippen molar-refractivity contribution < 1.29 is 13.9 Å². The van der Waals surface area contributed by atoms with Crippen LogP contribution in [0.25, 0.3) is 0 Å². The number of carbonyl (C=O) groups excluding carboxylic acids is 1. The molecule has 0 bridgehead atoms. The van der Waals surface area contributed by atoms with E-state index < -0.39 is 0 Å². The van der Waals surface area contributed by atoms with E-state index in [1.807, 2.05) is 42.5 Å². The highest BCUT2D eigenvalue weighted by Crippen LogP contribution is 2.30. The maximum Gasteiger partial charge on any atom is 0.290 e. The van der Waals surface area contributed by atoms with Crippen LogP contribution in [-0.4, -0.2) is 29.9 Å². The normalized spacial score (nSPS) is 24.2. The Balaban J connectivity index is 1.41. The molecule has 1 aromatic carbocycles. The van der Waals surface area contributed by atoms with Gasteiger partial charge >= 0.3 is 0 Å². The molecule has 0 spiro atoms. The Bertz CT molecular complexity index is 713. The van der Waals surface area contributed by atoms with Gasteiger partial charge in [-0.3, -0.25) is 9.69 Å². The molecule has 2 aromatic rings. The first-order valence-electron chi connectivity index (χ1n) is 9.10. The average Bonchev–Trinajstić information content (AvgIpc) is 3.25. The number of rotatable bonds is 5. The average molecular weight is 340 g/mol. The summed E-state index contributed by atoms with van der Waals surface area (Å²) in [6.07, 6.45) is 4.26. The van der Waals surface area contributed by atoms with Gasteiger partial charge in [0.1, 0.15) is 11.5 Å². The molecule has 1 amide bonds. The van der Waals surface area contributed by atoms with Crippen molar-refractivity contribution in [2.45, 2.75) is 38.3 Å². The quantitative estimate of drug-likeness (QED) is 0.904. The number of carbonyl (C=O) groups is 1. The van der Waals surface area contributed by atoms with Crippen LogP contribution in [0.1, 0.15) is 31.4 Å². The number of para-hydroxylation sites is 1. The largest absolute Gasteiger partial charge is 0.429 e. The van der Waals surface area contributed by atoms with Crippen molar-refractivity contribution in [1.82, 2.24) is 10.2 Å². The lowest BCUT2D eigenvalue weighted by atomic mass is 9.89. The van der Waals surface area contributed by atoms with Crippen LogP contribution in [-0.2, 0) is 11.3 Å². The van der Waals surface area contributed by atoms with Crippen molar-refractivity contribution in [2.75, 3.05) is 13.1 Å². The first-order chi connectivity index (χ1) is 12.3. The Labute approximate surface area is 148 Å². The van der Waals surface area contributed by atoms with Crippen LogP contribution < -0.4 is 10.1 Å². The molecular weight excluding hydrogens is 316 g/mol. The molecule has 2 atom stereocenters. The zero-order valence-corrected chi connectivity index (χ0v) is 14.3. The van der Waals surface area contributed by atoms with Crippen molar-refractivity contribution in [3.63, 3.8) is 0 Å². The molecule has 1 N–H and O–H groups in total. The second-order valence-corrected chi connectivity index (χ2v) is 6.94. The second kappa shape index (κ2) is 7.31. The molecule has 2 unspecified atom stereocenters. The summed E-state index contributed by atoms with van der Waals surface area (Å²) < 4.78 is 11.6. The fourth-order valence-corrected chi connectivity index (χ4v) is 3.95. The Hall–Kier alpha value is -2.27. The second-order valence-electron chi connectivity index (χ2n) is 6.94. The van der Waals surface area contributed by atoms with E-state index >= 15 is 0 Å². The summed E-state index contributed by atoms with van der Waals surface area (Å²) in [7, 11) is 0. The summed E-state index contributed by atoms with van der Waals surface area (Å²) in [5.74, 6) is 2.81. The van der Waals surface area contributed by atoms with Crippen molar-refractivity contribution >= 4 is 5.91 Å². The molecule has 132 valence electrons. The lowest BCUT2D eigenvalue weighted by molar-refractivity contribution is -0.119. The number of hydrogen-bond acceptors (Lipinski definition) is 4. The van der Waals surface area contributed by atoms with Crippen molar-refractivity contribution in [3.8, 4) is 11.7 Å². The van der Waals surface area contributed by atoms with E-state index in [1.54, 1.807) is 0 Å². The number of benzene rings is 1. The summed E-state index contributed by atoms with van der Waals surface area (Å²) >= 11 is 0. The van der Waals surface area contributed by atoms with Crippen molar-refractivity contribution in [1.29, 1.82) is 0 Å². The molecule has 0 aliphatic carbocycles. The summed E-state index contributed by atoms with van der Waals surface area (Å²) in [6, 6.07) is 14.0. The van der Waals surface area contributed by atoms with Crippen molar-refractivity contribution in [2.24, 2.45) is 5.92 Å². The number of nitrogens with zero attached hydrogens (tertiary/aromatic N) is 1. The van der Waals surface area contributed by atoms with E-state index in [2.05, 4.69) is 10.2 Å². The van der Waals surface area contributed by atoms with Gasteiger partial charge in [0.25, 0.3) is 5.95 Å². The number of piperidine rings is 1. The van der Waals surface area contributed by atoms with Gasteiger partial charge in [-0.2, -0.15) is 0 Å². The summed E-state index contributed by atoms with van der Waals surface area (Å²) in [5, 5.41) is 2.97. The van der Waals surface area contributed by atoms with Crippen LogP contribution in [0.15, 0.2) is 46.9 Å². The van der Waals surface area contributed by atoms with Gasteiger partial charge in [-0.05, 0) is 37.6 Å². The predicted octanol–water partition coefficient (Wildman–Crippen LogP) is 3.56. The molecule has 0 saturated carbocycles. The van der Waals surface area contributed by atoms with Gasteiger partial charge in [0.15, 0.2) is 0 Å². The maximum absolute atomic E-state index is 11.6. The summed E-state index contributed by atoms with van der Waals surface area (Å²) in [4.78, 5) is 14.0. The van der Waals surface area contributed by atoms with Gasteiger partial charge in [-0.1, -0.05) is 24.6 Å². The molecule has 0 radical (unpaired) electrons. The lowest BCUT2D eigenvalue weighted by Crippen LogP contribution is -2.44. The fourth-order valence-electron chi connectivity index (χ4n) is 3.95. The zero-order valence-electron chi connectivity index (χ0n) is 14.3. The SMILES string of the molecule is O=C1CC(C2CCCCN2Cc2ccc(Oc3ccccc3)o2)CN1. The first kappa shape index (κ1) is 16.2. The van der Waals surface area contributed by atoms with Gasteiger partial charge < -0.3 is 14.5 Å². The zero-order chi connectivity index (χ0) is 17.1. The van der Waals surface area contributed by atoms with Gasteiger partial charge in [0, 0.05) is 31.0 Å². The number of likely N-dealkylation sites (tertiary alicyclic amines) is 1. The molecule has 2 saturated heterocycles. The van der Waals surface area contributed by atoms with Crippen LogP contribution in [0.3, 0.4) is 0 Å². The molecular formula is C20H24N2O3. The molecule has 5 heteroatoms. The van der Waals surface area contributed by atoms with Crippen LogP contribution in [0.2, 0.25) is 0 Å². The van der Waals surface area contributed by atoms with Crippen LogP contribution >= 0.6 is 0 Å². The minimum atomic E-state index is 0.187. The Morgan fingerprint density at radius 2 is 2.04 bits per heavy atom. The standard InChI is InChI=1S/C20H24N2O3/c23-19-12-15(13-21-19)18-8-4-5-11-22(18)14-17-9-10-20(25-17)24-16-6-2-1-3-7-16/h1-3,6-7,9-10,15,18H,4-5,8,11-14H2,(H,21,23). The van der Waals surface area contributed by atoms with E-state index in [1.165, 1.54) is 12.8 Å². The number of furan rings is 1. The summed E-state index contributed by atoms with van der Waals surface area (Å²) in [6.45, 7) is 2.64. The Morgan fingerprint density at radius 3 is 2.84 bits per heavy atom. The fraction of sp³-hybridized carbons (Fsp3) is 0.450. The third-order valence-electron chi connectivity index (χ3n) is 5.17. The molecule has 2 fully saturated rings. The van der Waals surface area contributed by atoms with E-state index in [4.69, 9.17) is 9.15 Å². The Morgan fingerprint density at radius 1 is 1.16 bits per heavy atom. The van der Waals surface area contributed by atoms with E-state index in [-0.39, 0.29) is 5.91 Å². The predicted molar refractivity (Wildman–Crippen MR) is 94.4 cm³/mol. The van der Waals surface area contributed by atoms with E-state index in [0.29, 0.717) is 24.3 Å². The molecule has 4 rings (SSSR count). The van der Waals surface area contributed by atoms with E-state index in [0.717, 1.165) is 37.6 Å². The number of nitrogens with one attached hydrogen (secondary N) is 1. The first-order valence-corrected chi connectivity index (χ1v) is 9.10. The summed E-state index contributed by atoms with van der Waals surface area (Å²) in [5.41, 5.74) is 0. The number of hydrogen-bond donors (Lipinski definition) is 1. The van der Waals surface area contributed by atoms with Gasteiger partial charge in [0.05, 0.1) is 6.54 Å². The topological polar surface area (TPSA) is 54.7 Å². The molecule has 25 heavy (non-hydrogen) atoms. The van der Waals surface area contributed by atoms with Gasteiger partial charge in [-0.25, -0.2) is 0 Å². The molecule has 2 aliphatic heterocycles. The highest BCUT2D eigenvalue weighted by atomic mass is 16.6. The minimum Gasteiger partial charge on any atom is -0.429 e. The maximum atomic E-state index is 11.6. The van der Waals surface area contributed by atoms with Crippen LogP contribution in [0.4, 0.5) is 0 Å². The van der Waals surface area contributed by atoms with Gasteiger partial charge in [0.2, 0.25) is 5.91 Å². The molecule has 1 aromatic heterocycles. The monoisotopic (exact) mass is 340 g/mol. The Kier molecular flexibility index (Phi) is 4.74. The highest BCUT2D eigenvalue weighted by Gasteiger charge is 2.34. The number of ether oxygens (including phenoxy) is 1. The smallest absolute Gasteiger partial charge is 0.290 e. The molecule has 2 aliphatic rings. The van der Waals surface area contributed by atoms with Crippen LogP contribution in [0.5, 0.6) is 11.7 Å². The van der Waals surface area contributed by atoms with Gasteiger partial charge in [-0.15, -0.1) is 0 Å². The molecule has 3 heterocycles. The van der Waals surface area contributed by atoms with Crippen LogP contribution in [0, 0.1) is 5.92 Å². The third-order valence-corrected chi connectivity index (χ3v) is 5.17.